The van der Waals surface area contributed by atoms with E-state index in [1.165, 1.54) is 0 Å². The van der Waals surface area contributed by atoms with Gasteiger partial charge >= 0.3 is 0 Å². The van der Waals surface area contributed by atoms with Crippen molar-refractivity contribution in [3.8, 4) is 5.75 Å². The van der Waals surface area contributed by atoms with Gasteiger partial charge in [0.1, 0.15) is 5.75 Å². The van der Waals surface area contributed by atoms with Gasteiger partial charge in [0.15, 0.2) is 18.1 Å². The fourth-order valence-corrected chi connectivity index (χ4v) is 2.85. The van der Waals surface area contributed by atoms with Crippen molar-refractivity contribution in [2.75, 3.05) is 11.9 Å². The fourth-order valence-electron chi connectivity index (χ4n) is 2.85. The number of rotatable bonds is 5. The van der Waals surface area contributed by atoms with E-state index in [-0.39, 0.29) is 12.5 Å². The highest BCUT2D eigenvalue weighted by Crippen LogP contribution is 2.25. The lowest BCUT2D eigenvalue weighted by atomic mass is 10.2. The largest absolute Gasteiger partial charge is 0.484 e. The van der Waals surface area contributed by atoms with Crippen LogP contribution in [-0.4, -0.2) is 27.3 Å². The van der Waals surface area contributed by atoms with E-state index in [2.05, 4.69) is 15.4 Å². The van der Waals surface area contributed by atoms with Crippen LogP contribution >= 0.6 is 0 Å². The van der Waals surface area contributed by atoms with E-state index in [0.29, 0.717) is 18.1 Å². The van der Waals surface area contributed by atoms with Crippen LogP contribution in [0.3, 0.4) is 0 Å². The molecule has 0 fully saturated rings. The molecular formula is C20H18N4O2. The molecule has 0 spiro atoms. The highest BCUT2D eigenvalue weighted by molar-refractivity contribution is 6.02. The van der Waals surface area contributed by atoms with Gasteiger partial charge in [-0.05, 0) is 31.2 Å². The second-order valence-electron chi connectivity index (χ2n) is 5.87. The molecule has 2 heterocycles. The first kappa shape index (κ1) is 16.1. The summed E-state index contributed by atoms with van der Waals surface area (Å²) >= 11 is 0. The Morgan fingerprint density at radius 3 is 2.69 bits per heavy atom. The van der Waals surface area contributed by atoms with Crippen molar-refractivity contribution < 1.29 is 9.53 Å². The molecule has 0 aliphatic carbocycles. The van der Waals surface area contributed by atoms with Crippen LogP contribution in [0.25, 0.3) is 21.9 Å². The summed E-state index contributed by atoms with van der Waals surface area (Å²) in [6.45, 7) is 2.58. The van der Waals surface area contributed by atoms with Crippen molar-refractivity contribution in [2.45, 2.75) is 13.5 Å². The lowest BCUT2D eigenvalue weighted by molar-refractivity contribution is -0.118. The molecule has 0 unspecified atom stereocenters. The van der Waals surface area contributed by atoms with Crippen molar-refractivity contribution in [1.29, 1.82) is 0 Å². The monoisotopic (exact) mass is 346 g/mol. The van der Waals surface area contributed by atoms with Crippen molar-refractivity contribution in [2.24, 2.45) is 0 Å². The summed E-state index contributed by atoms with van der Waals surface area (Å²) in [4.78, 5) is 17.0. The number of carbonyl (C=O) groups excluding carboxylic acids is 1. The first-order valence-electron chi connectivity index (χ1n) is 8.48. The van der Waals surface area contributed by atoms with Gasteiger partial charge in [0, 0.05) is 11.9 Å². The molecule has 1 N–H and O–H groups in total. The van der Waals surface area contributed by atoms with E-state index in [1.807, 2.05) is 67.6 Å². The second kappa shape index (κ2) is 6.84. The van der Waals surface area contributed by atoms with Crippen LogP contribution in [-0.2, 0) is 11.3 Å². The van der Waals surface area contributed by atoms with E-state index in [9.17, 15) is 4.79 Å². The van der Waals surface area contributed by atoms with Crippen LogP contribution in [0.5, 0.6) is 5.75 Å². The summed E-state index contributed by atoms with van der Waals surface area (Å²) < 4.78 is 7.28. The molecule has 0 saturated heterocycles. The molecular weight excluding hydrogens is 328 g/mol. The minimum Gasteiger partial charge on any atom is -0.484 e. The van der Waals surface area contributed by atoms with E-state index >= 15 is 0 Å². The zero-order chi connectivity index (χ0) is 17.9. The number of para-hydroxylation sites is 2. The molecule has 0 saturated carbocycles. The molecule has 4 rings (SSSR count). The third-order valence-electron chi connectivity index (χ3n) is 4.09. The van der Waals surface area contributed by atoms with Crippen molar-refractivity contribution >= 4 is 33.7 Å². The van der Waals surface area contributed by atoms with E-state index in [4.69, 9.17) is 4.74 Å². The Morgan fingerprint density at radius 2 is 1.88 bits per heavy atom. The van der Waals surface area contributed by atoms with E-state index in [0.717, 1.165) is 21.9 Å². The number of carbonyl (C=O) groups is 1. The smallest absolute Gasteiger partial charge is 0.263 e. The lowest BCUT2D eigenvalue weighted by Crippen LogP contribution is -2.20. The number of aromatic nitrogens is 3. The molecule has 2 aromatic carbocycles. The van der Waals surface area contributed by atoms with Crippen LogP contribution < -0.4 is 10.1 Å². The fraction of sp³-hybridized carbons (Fsp3) is 0.150. The Bertz CT molecular complexity index is 1070. The zero-order valence-corrected chi connectivity index (χ0v) is 14.3. The van der Waals surface area contributed by atoms with Gasteiger partial charge < -0.3 is 10.1 Å². The molecule has 4 aromatic rings. The summed E-state index contributed by atoms with van der Waals surface area (Å²) in [6.07, 6.45) is 0. The molecule has 0 atom stereocenters. The molecule has 0 aliphatic heterocycles. The molecule has 130 valence electrons. The van der Waals surface area contributed by atoms with Gasteiger partial charge in [-0.3, -0.25) is 4.79 Å². The van der Waals surface area contributed by atoms with Gasteiger partial charge in [-0.1, -0.05) is 36.4 Å². The van der Waals surface area contributed by atoms with E-state index < -0.39 is 0 Å². The third kappa shape index (κ3) is 3.09. The van der Waals surface area contributed by atoms with Crippen LogP contribution in [0, 0.1) is 0 Å². The maximum Gasteiger partial charge on any atom is 0.263 e. The maximum absolute atomic E-state index is 12.3. The predicted octanol–water partition coefficient (Wildman–Crippen LogP) is 3.62. The van der Waals surface area contributed by atoms with Gasteiger partial charge in [-0.25, -0.2) is 9.67 Å². The Labute approximate surface area is 150 Å². The van der Waals surface area contributed by atoms with Crippen molar-refractivity contribution in [3.63, 3.8) is 0 Å². The number of amides is 1. The Morgan fingerprint density at radius 1 is 1.12 bits per heavy atom. The van der Waals surface area contributed by atoms with Crippen LogP contribution in [0.4, 0.5) is 5.82 Å². The number of hydrogen-bond donors (Lipinski definition) is 1. The van der Waals surface area contributed by atoms with Crippen molar-refractivity contribution in [3.05, 3.63) is 60.7 Å². The number of aryl methyl sites for hydroxylation is 1. The number of ether oxygens (including phenoxy) is 1. The number of anilines is 1. The average molecular weight is 346 g/mol. The van der Waals surface area contributed by atoms with Gasteiger partial charge in [0.25, 0.3) is 5.91 Å². The average Bonchev–Trinajstić information content (AvgIpc) is 3.02. The first-order valence-corrected chi connectivity index (χ1v) is 8.48. The second-order valence-corrected chi connectivity index (χ2v) is 5.87. The SMILES string of the molecule is CCn1nc(NC(=O)COc2ccccc2)c2cc3ccccc3nc21. The molecule has 2 aromatic heterocycles. The normalized spacial score (nSPS) is 11.0. The minimum atomic E-state index is -0.260. The summed E-state index contributed by atoms with van der Waals surface area (Å²) in [7, 11) is 0. The Hall–Kier alpha value is -3.41. The molecule has 0 aliphatic rings. The number of nitrogens with zero attached hydrogens (tertiary/aromatic N) is 3. The first-order chi connectivity index (χ1) is 12.7. The zero-order valence-electron chi connectivity index (χ0n) is 14.3. The Kier molecular flexibility index (Phi) is 4.23. The summed E-state index contributed by atoms with van der Waals surface area (Å²) in [5, 5.41) is 9.16. The number of hydrogen-bond acceptors (Lipinski definition) is 4. The molecule has 26 heavy (non-hydrogen) atoms. The quantitative estimate of drug-likeness (QED) is 0.599. The van der Waals surface area contributed by atoms with Gasteiger partial charge in [0.2, 0.25) is 0 Å². The maximum atomic E-state index is 12.3. The molecule has 1 amide bonds. The van der Waals surface area contributed by atoms with Crippen LogP contribution in [0.2, 0.25) is 0 Å². The number of benzene rings is 2. The van der Waals surface area contributed by atoms with Crippen LogP contribution in [0.15, 0.2) is 60.7 Å². The summed E-state index contributed by atoms with van der Waals surface area (Å²) in [5.74, 6) is 0.894. The van der Waals surface area contributed by atoms with E-state index in [1.54, 1.807) is 4.68 Å². The predicted molar refractivity (Wildman–Crippen MR) is 101 cm³/mol. The molecule has 6 nitrogen and oxygen atoms in total. The lowest BCUT2D eigenvalue weighted by Gasteiger charge is -2.06. The topological polar surface area (TPSA) is 69.0 Å². The van der Waals surface area contributed by atoms with Gasteiger partial charge in [-0.15, -0.1) is 0 Å². The molecule has 0 bridgehead atoms. The number of pyridine rings is 1. The van der Waals surface area contributed by atoms with Gasteiger partial charge in [-0.2, -0.15) is 5.10 Å². The standard InChI is InChI=1S/C20H18N4O2/c1-2-24-20-16(12-14-8-6-7-11-17(14)21-20)19(23-24)22-18(25)13-26-15-9-4-3-5-10-15/h3-12H,2,13H2,1H3,(H,22,23,25). The highest BCUT2D eigenvalue weighted by atomic mass is 16.5. The highest BCUT2D eigenvalue weighted by Gasteiger charge is 2.15. The molecule has 6 heteroatoms. The minimum absolute atomic E-state index is 0.0779. The number of nitrogens with one attached hydrogen (secondary N) is 1. The van der Waals surface area contributed by atoms with Crippen molar-refractivity contribution in [1.82, 2.24) is 14.8 Å². The third-order valence-corrected chi connectivity index (χ3v) is 4.09. The molecule has 0 radical (unpaired) electrons. The Balaban J connectivity index is 1.61. The number of fused-ring (bicyclic) bond motifs is 2. The summed E-state index contributed by atoms with van der Waals surface area (Å²) in [6, 6.07) is 19.1. The summed E-state index contributed by atoms with van der Waals surface area (Å²) in [5.41, 5.74) is 1.66. The van der Waals surface area contributed by atoms with Gasteiger partial charge in [0.05, 0.1) is 10.9 Å². The van der Waals surface area contributed by atoms with Crippen LogP contribution in [0.1, 0.15) is 6.92 Å².